The van der Waals surface area contributed by atoms with Crippen LogP contribution in [-0.2, 0) is 6.42 Å². The van der Waals surface area contributed by atoms with Gasteiger partial charge in [0.2, 0.25) is 0 Å². The van der Waals surface area contributed by atoms with Crippen LogP contribution in [0.3, 0.4) is 0 Å². The van der Waals surface area contributed by atoms with Crippen LogP contribution in [-0.4, -0.2) is 0 Å². The fourth-order valence-corrected chi connectivity index (χ4v) is 2.35. The summed E-state index contributed by atoms with van der Waals surface area (Å²) >= 11 is 0. The van der Waals surface area contributed by atoms with Crippen molar-refractivity contribution in [2.24, 2.45) is 5.92 Å². The van der Waals surface area contributed by atoms with Crippen LogP contribution in [0.5, 0.6) is 0 Å². The van der Waals surface area contributed by atoms with E-state index in [2.05, 4.69) is 31.3 Å². The smallest absolute Gasteiger partial charge is 0.149 e. The second-order valence-electron chi connectivity index (χ2n) is 5.80. The van der Waals surface area contributed by atoms with Gasteiger partial charge in [-0.15, -0.1) is 0 Å². The number of anilines is 1. The Kier molecular flexibility index (Phi) is 4.94. The number of benzene rings is 2. The van der Waals surface area contributed by atoms with Gasteiger partial charge < -0.3 is 5.32 Å². The van der Waals surface area contributed by atoms with Crippen molar-refractivity contribution in [3.05, 3.63) is 65.2 Å². The Hall–Kier alpha value is -1.90. The molecule has 0 saturated heterocycles. The zero-order valence-corrected chi connectivity index (χ0v) is 12.7. The molecule has 0 radical (unpaired) electrons. The van der Waals surface area contributed by atoms with Crippen LogP contribution < -0.4 is 5.32 Å². The van der Waals surface area contributed by atoms with Gasteiger partial charge in [-0.2, -0.15) is 0 Å². The maximum atomic E-state index is 13.6. The maximum absolute atomic E-state index is 13.6. The lowest BCUT2D eigenvalue weighted by atomic mass is 10.00. The predicted octanol–water partition coefficient (Wildman–Crippen LogP) is 5.34. The van der Waals surface area contributed by atoms with Crippen molar-refractivity contribution >= 4 is 5.69 Å². The summed E-state index contributed by atoms with van der Waals surface area (Å²) in [6.07, 6.45) is 1.03. The SMILES string of the molecule is CC(C)Cc1ccc(C(C)Nc2c(F)cccc2F)cc1. The molecule has 1 N–H and O–H groups in total. The van der Waals surface area contributed by atoms with Crippen LogP contribution >= 0.6 is 0 Å². The molecule has 0 spiro atoms. The fourth-order valence-electron chi connectivity index (χ4n) is 2.35. The molecule has 0 aromatic heterocycles. The monoisotopic (exact) mass is 289 g/mol. The highest BCUT2D eigenvalue weighted by Crippen LogP contribution is 2.24. The highest BCUT2D eigenvalue weighted by atomic mass is 19.1. The summed E-state index contributed by atoms with van der Waals surface area (Å²) in [4.78, 5) is 0. The van der Waals surface area contributed by atoms with E-state index >= 15 is 0 Å². The van der Waals surface area contributed by atoms with Gasteiger partial charge in [0.25, 0.3) is 0 Å². The van der Waals surface area contributed by atoms with Crippen molar-refractivity contribution in [2.75, 3.05) is 5.32 Å². The number of para-hydroxylation sites is 1. The van der Waals surface area contributed by atoms with Crippen molar-refractivity contribution in [2.45, 2.75) is 33.2 Å². The Labute approximate surface area is 125 Å². The van der Waals surface area contributed by atoms with Crippen molar-refractivity contribution in [1.82, 2.24) is 0 Å². The zero-order valence-electron chi connectivity index (χ0n) is 12.7. The number of halogens is 2. The molecule has 0 bridgehead atoms. The van der Waals surface area contributed by atoms with Crippen molar-refractivity contribution in [3.8, 4) is 0 Å². The summed E-state index contributed by atoms with van der Waals surface area (Å²) in [6, 6.07) is 11.9. The average molecular weight is 289 g/mol. The molecule has 112 valence electrons. The first-order chi connectivity index (χ1) is 9.97. The molecule has 0 heterocycles. The van der Waals surface area contributed by atoms with Gasteiger partial charge in [-0.3, -0.25) is 0 Å². The Balaban J connectivity index is 2.11. The van der Waals surface area contributed by atoms with E-state index in [0.717, 1.165) is 12.0 Å². The third kappa shape index (κ3) is 4.03. The van der Waals surface area contributed by atoms with Gasteiger partial charge in [0, 0.05) is 6.04 Å². The minimum atomic E-state index is -0.571. The molecule has 0 fully saturated rings. The first kappa shape index (κ1) is 15.5. The van der Waals surface area contributed by atoms with E-state index in [4.69, 9.17) is 0 Å². The summed E-state index contributed by atoms with van der Waals surface area (Å²) in [5, 5.41) is 2.90. The third-order valence-corrected chi connectivity index (χ3v) is 3.45. The maximum Gasteiger partial charge on any atom is 0.149 e. The highest BCUT2D eigenvalue weighted by Gasteiger charge is 2.12. The number of nitrogens with one attached hydrogen (secondary N) is 1. The topological polar surface area (TPSA) is 12.0 Å². The molecular weight excluding hydrogens is 268 g/mol. The Morgan fingerprint density at radius 1 is 0.905 bits per heavy atom. The summed E-state index contributed by atoms with van der Waals surface area (Å²) in [5.41, 5.74) is 2.21. The molecule has 2 aromatic carbocycles. The van der Waals surface area contributed by atoms with E-state index in [0.29, 0.717) is 5.92 Å². The molecule has 2 aromatic rings. The first-order valence-electron chi connectivity index (χ1n) is 7.26. The molecule has 21 heavy (non-hydrogen) atoms. The van der Waals surface area contributed by atoms with Crippen LogP contribution in [0.15, 0.2) is 42.5 Å². The number of hydrogen-bond acceptors (Lipinski definition) is 1. The standard InChI is InChI=1S/C18H21F2N/c1-12(2)11-14-7-9-15(10-8-14)13(3)21-18-16(19)5-4-6-17(18)20/h4-10,12-13,21H,11H2,1-3H3. The largest absolute Gasteiger partial charge is 0.374 e. The number of hydrogen-bond donors (Lipinski definition) is 1. The van der Waals surface area contributed by atoms with Crippen LogP contribution in [0, 0.1) is 17.6 Å². The minimum Gasteiger partial charge on any atom is -0.374 e. The second-order valence-corrected chi connectivity index (χ2v) is 5.80. The van der Waals surface area contributed by atoms with Gasteiger partial charge in [0.1, 0.15) is 17.3 Å². The summed E-state index contributed by atoms with van der Waals surface area (Å²) in [6.45, 7) is 6.25. The van der Waals surface area contributed by atoms with Crippen molar-refractivity contribution < 1.29 is 8.78 Å². The minimum absolute atomic E-state index is 0.0729. The van der Waals surface area contributed by atoms with Crippen molar-refractivity contribution in [1.29, 1.82) is 0 Å². The van der Waals surface area contributed by atoms with Gasteiger partial charge in [-0.05, 0) is 42.5 Å². The molecule has 0 amide bonds. The lowest BCUT2D eigenvalue weighted by Gasteiger charge is -2.17. The molecule has 1 nitrogen and oxygen atoms in total. The fraction of sp³-hybridized carbons (Fsp3) is 0.333. The van der Waals surface area contributed by atoms with Gasteiger partial charge >= 0.3 is 0 Å². The molecule has 0 aliphatic carbocycles. The molecule has 3 heteroatoms. The first-order valence-corrected chi connectivity index (χ1v) is 7.26. The molecule has 0 aliphatic heterocycles. The van der Waals surface area contributed by atoms with Crippen LogP contribution in [0.1, 0.15) is 37.9 Å². The molecule has 0 saturated carbocycles. The Bertz CT molecular complexity index is 570. The molecule has 0 aliphatic rings. The van der Waals surface area contributed by atoms with E-state index in [-0.39, 0.29) is 11.7 Å². The highest BCUT2D eigenvalue weighted by molar-refractivity contribution is 5.48. The Morgan fingerprint density at radius 3 is 2.00 bits per heavy atom. The normalized spacial score (nSPS) is 12.5. The summed E-state index contributed by atoms with van der Waals surface area (Å²) in [7, 11) is 0. The summed E-state index contributed by atoms with van der Waals surface area (Å²) in [5.74, 6) is -0.532. The van der Waals surface area contributed by atoms with Gasteiger partial charge in [0.15, 0.2) is 0 Å². The van der Waals surface area contributed by atoms with Gasteiger partial charge in [-0.25, -0.2) is 8.78 Å². The molecule has 1 atom stereocenters. The van der Waals surface area contributed by atoms with E-state index in [1.165, 1.54) is 23.8 Å². The van der Waals surface area contributed by atoms with E-state index < -0.39 is 11.6 Å². The van der Waals surface area contributed by atoms with Crippen molar-refractivity contribution in [3.63, 3.8) is 0 Å². The predicted molar refractivity (Wildman–Crippen MR) is 83.4 cm³/mol. The van der Waals surface area contributed by atoms with Gasteiger partial charge in [-0.1, -0.05) is 44.2 Å². The number of rotatable bonds is 5. The Morgan fingerprint density at radius 2 is 1.48 bits per heavy atom. The van der Waals surface area contributed by atoms with E-state index in [1.807, 2.05) is 19.1 Å². The van der Waals surface area contributed by atoms with Crippen LogP contribution in [0.25, 0.3) is 0 Å². The zero-order chi connectivity index (χ0) is 15.4. The van der Waals surface area contributed by atoms with Crippen LogP contribution in [0.4, 0.5) is 14.5 Å². The van der Waals surface area contributed by atoms with Crippen LogP contribution in [0.2, 0.25) is 0 Å². The van der Waals surface area contributed by atoms with E-state index in [9.17, 15) is 8.78 Å². The molecule has 2 rings (SSSR count). The third-order valence-electron chi connectivity index (χ3n) is 3.45. The average Bonchev–Trinajstić information content (AvgIpc) is 2.43. The second kappa shape index (κ2) is 6.70. The molecule has 1 unspecified atom stereocenters. The van der Waals surface area contributed by atoms with E-state index in [1.54, 1.807) is 0 Å². The quantitative estimate of drug-likeness (QED) is 0.783. The lowest BCUT2D eigenvalue weighted by Crippen LogP contribution is -2.09. The summed E-state index contributed by atoms with van der Waals surface area (Å²) < 4.78 is 27.3. The van der Waals surface area contributed by atoms with Gasteiger partial charge in [0.05, 0.1) is 0 Å². The lowest BCUT2D eigenvalue weighted by molar-refractivity contribution is 0.584. The molecular formula is C18H21F2N.